The normalized spacial score (nSPS) is 11.0. The van der Waals surface area contributed by atoms with Crippen LogP contribution < -0.4 is 5.43 Å². The Morgan fingerprint density at radius 2 is 1.64 bits per heavy atom. The summed E-state index contributed by atoms with van der Waals surface area (Å²) in [5.74, 6) is -0.00625. The van der Waals surface area contributed by atoms with Crippen LogP contribution in [0.1, 0.15) is 76.7 Å². The van der Waals surface area contributed by atoms with Crippen LogP contribution in [0.3, 0.4) is 0 Å². The van der Waals surface area contributed by atoms with E-state index in [1.807, 2.05) is 12.1 Å². The summed E-state index contributed by atoms with van der Waals surface area (Å²) in [5, 5.41) is 3.95. The molecule has 0 saturated heterocycles. The fourth-order valence-corrected chi connectivity index (χ4v) is 2.28. The largest absolute Gasteiger partial charge is 0.273 e. The van der Waals surface area contributed by atoms with Gasteiger partial charge >= 0.3 is 0 Å². The predicted octanol–water partition coefficient (Wildman–Crippen LogP) is 4.45. The third-order valence-corrected chi connectivity index (χ3v) is 3.62. The van der Waals surface area contributed by atoms with Crippen molar-refractivity contribution >= 4 is 12.1 Å². The Kier molecular flexibility index (Phi) is 10.8. The average molecular weight is 303 g/mol. The second-order valence-corrected chi connectivity index (χ2v) is 5.65. The van der Waals surface area contributed by atoms with Gasteiger partial charge in [-0.15, -0.1) is 0 Å². The molecule has 0 aliphatic heterocycles. The Hall–Kier alpha value is -1.71. The SMILES string of the molecule is CCCCCCCCCCCC(=O)N/N=C/c1ccncc1. The van der Waals surface area contributed by atoms with E-state index in [0.717, 1.165) is 18.4 Å². The van der Waals surface area contributed by atoms with E-state index in [9.17, 15) is 4.79 Å². The zero-order valence-electron chi connectivity index (χ0n) is 13.8. The molecule has 4 nitrogen and oxygen atoms in total. The van der Waals surface area contributed by atoms with Crippen molar-refractivity contribution in [3.63, 3.8) is 0 Å². The van der Waals surface area contributed by atoms with Gasteiger partial charge in [0.05, 0.1) is 6.21 Å². The molecule has 0 spiro atoms. The van der Waals surface area contributed by atoms with Crippen LogP contribution >= 0.6 is 0 Å². The van der Waals surface area contributed by atoms with Gasteiger partial charge < -0.3 is 0 Å². The summed E-state index contributed by atoms with van der Waals surface area (Å²) >= 11 is 0. The van der Waals surface area contributed by atoms with Gasteiger partial charge in [0.2, 0.25) is 5.91 Å². The lowest BCUT2D eigenvalue weighted by Crippen LogP contribution is -2.16. The van der Waals surface area contributed by atoms with Gasteiger partial charge in [0, 0.05) is 18.8 Å². The maximum absolute atomic E-state index is 11.6. The van der Waals surface area contributed by atoms with Crippen molar-refractivity contribution in [3.8, 4) is 0 Å². The van der Waals surface area contributed by atoms with Gasteiger partial charge in [-0.25, -0.2) is 5.43 Å². The zero-order chi connectivity index (χ0) is 15.9. The summed E-state index contributed by atoms with van der Waals surface area (Å²) in [6.45, 7) is 2.24. The van der Waals surface area contributed by atoms with Crippen LogP contribution in [0.15, 0.2) is 29.6 Å². The van der Waals surface area contributed by atoms with Crippen LogP contribution in [0, 0.1) is 0 Å². The van der Waals surface area contributed by atoms with E-state index in [0.29, 0.717) is 6.42 Å². The minimum absolute atomic E-state index is 0.00625. The predicted molar refractivity (Wildman–Crippen MR) is 91.8 cm³/mol. The number of nitrogens with zero attached hydrogens (tertiary/aromatic N) is 2. The lowest BCUT2D eigenvalue weighted by atomic mass is 10.1. The Labute approximate surface area is 134 Å². The van der Waals surface area contributed by atoms with Gasteiger partial charge in [-0.05, 0) is 24.1 Å². The number of carbonyl (C=O) groups is 1. The molecule has 1 rings (SSSR count). The van der Waals surface area contributed by atoms with E-state index >= 15 is 0 Å². The third-order valence-electron chi connectivity index (χ3n) is 3.62. The highest BCUT2D eigenvalue weighted by molar-refractivity contribution is 5.82. The highest BCUT2D eigenvalue weighted by Crippen LogP contribution is 2.10. The van der Waals surface area contributed by atoms with E-state index in [4.69, 9.17) is 0 Å². The number of rotatable bonds is 12. The van der Waals surface area contributed by atoms with Crippen LogP contribution in [0.2, 0.25) is 0 Å². The molecule has 1 aromatic heterocycles. The van der Waals surface area contributed by atoms with Crippen molar-refractivity contribution < 1.29 is 4.79 Å². The Morgan fingerprint density at radius 1 is 1.05 bits per heavy atom. The van der Waals surface area contributed by atoms with Gasteiger partial charge in [0.25, 0.3) is 0 Å². The first kappa shape index (κ1) is 18.3. The quantitative estimate of drug-likeness (QED) is 0.352. The molecular formula is C18H29N3O. The van der Waals surface area contributed by atoms with Crippen molar-refractivity contribution in [2.75, 3.05) is 0 Å². The molecule has 1 aromatic rings. The van der Waals surface area contributed by atoms with Gasteiger partial charge in [-0.1, -0.05) is 58.3 Å². The number of unbranched alkanes of at least 4 members (excludes halogenated alkanes) is 8. The summed E-state index contributed by atoms with van der Waals surface area (Å²) in [5.41, 5.74) is 3.50. The van der Waals surface area contributed by atoms with E-state index in [1.54, 1.807) is 18.6 Å². The van der Waals surface area contributed by atoms with Crippen LogP contribution in [0.4, 0.5) is 0 Å². The molecule has 0 aliphatic rings. The van der Waals surface area contributed by atoms with Crippen LogP contribution in [-0.2, 0) is 4.79 Å². The summed E-state index contributed by atoms with van der Waals surface area (Å²) < 4.78 is 0. The fourth-order valence-electron chi connectivity index (χ4n) is 2.28. The molecule has 122 valence electrons. The maximum Gasteiger partial charge on any atom is 0.240 e. The van der Waals surface area contributed by atoms with Crippen molar-refractivity contribution in [2.45, 2.75) is 71.1 Å². The van der Waals surface area contributed by atoms with Gasteiger partial charge in [0.1, 0.15) is 0 Å². The molecule has 0 aromatic carbocycles. The fraction of sp³-hybridized carbons (Fsp3) is 0.611. The summed E-state index contributed by atoms with van der Waals surface area (Å²) in [6.07, 6.45) is 16.9. The topological polar surface area (TPSA) is 54.4 Å². The monoisotopic (exact) mass is 303 g/mol. The number of hydrogen-bond acceptors (Lipinski definition) is 3. The lowest BCUT2D eigenvalue weighted by molar-refractivity contribution is -0.121. The first-order chi connectivity index (χ1) is 10.8. The highest BCUT2D eigenvalue weighted by atomic mass is 16.2. The molecule has 0 bridgehead atoms. The number of amides is 1. The van der Waals surface area contributed by atoms with E-state index in [2.05, 4.69) is 22.4 Å². The van der Waals surface area contributed by atoms with Crippen molar-refractivity contribution in [2.24, 2.45) is 5.10 Å². The van der Waals surface area contributed by atoms with Crippen LogP contribution in [0.5, 0.6) is 0 Å². The third kappa shape index (κ3) is 10.1. The maximum atomic E-state index is 11.6. The van der Waals surface area contributed by atoms with E-state index < -0.39 is 0 Å². The molecule has 4 heteroatoms. The standard InChI is InChI=1S/C18H29N3O/c1-2-3-4-5-6-7-8-9-10-11-18(22)21-20-16-17-12-14-19-15-13-17/h12-16H,2-11H2,1H3,(H,21,22)/b20-16+. The van der Waals surface area contributed by atoms with Gasteiger partial charge in [-0.2, -0.15) is 5.10 Å². The molecule has 0 unspecified atom stereocenters. The van der Waals surface area contributed by atoms with Crippen molar-refractivity contribution in [3.05, 3.63) is 30.1 Å². The molecule has 0 saturated carbocycles. The molecule has 22 heavy (non-hydrogen) atoms. The molecular weight excluding hydrogens is 274 g/mol. The Balaban J connectivity index is 1.94. The van der Waals surface area contributed by atoms with Crippen molar-refractivity contribution in [1.29, 1.82) is 0 Å². The van der Waals surface area contributed by atoms with Crippen molar-refractivity contribution in [1.82, 2.24) is 10.4 Å². The smallest absolute Gasteiger partial charge is 0.240 e. The molecule has 0 radical (unpaired) electrons. The summed E-state index contributed by atoms with van der Waals surface area (Å²) in [7, 11) is 0. The van der Waals surface area contributed by atoms with Gasteiger partial charge in [-0.3, -0.25) is 9.78 Å². The molecule has 0 aliphatic carbocycles. The highest BCUT2D eigenvalue weighted by Gasteiger charge is 1.99. The van der Waals surface area contributed by atoms with Crippen LogP contribution in [-0.4, -0.2) is 17.1 Å². The molecule has 1 heterocycles. The number of hydrazone groups is 1. The minimum atomic E-state index is -0.00625. The second-order valence-electron chi connectivity index (χ2n) is 5.65. The minimum Gasteiger partial charge on any atom is -0.273 e. The number of hydrogen-bond donors (Lipinski definition) is 1. The Bertz CT molecular complexity index is 418. The molecule has 1 N–H and O–H groups in total. The number of pyridine rings is 1. The molecule has 0 fully saturated rings. The first-order valence-electron chi connectivity index (χ1n) is 8.55. The zero-order valence-corrected chi connectivity index (χ0v) is 13.8. The number of carbonyl (C=O) groups excluding carboxylic acids is 1. The summed E-state index contributed by atoms with van der Waals surface area (Å²) in [4.78, 5) is 15.5. The van der Waals surface area contributed by atoms with E-state index in [-0.39, 0.29) is 5.91 Å². The Morgan fingerprint density at radius 3 is 2.27 bits per heavy atom. The number of nitrogens with one attached hydrogen (secondary N) is 1. The van der Waals surface area contributed by atoms with E-state index in [1.165, 1.54) is 44.9 Å². The van der Waals surface area contributed by atoms with Gasteiger partial charge in [0.15, 0.2) is 0 Å². The first-order valence-corrected chi connectivity index (χ1v) is 8.55. The molecule has 0 atom stereocenters. The lowest BCUT2D eigenvalue weighted by Gasteiger charge is -2.02. The van der Waals surface area contributed by atoms with Crippen LogP contribution in [0.25, 0.3) is 0 Å². The number of aromatic nitrogens is 1. The second kappa shape index (κ2) is 13.0. The average Bonchev–Trinajstić information content (AvgIpc) is 2.54. The molecule has 1 amide bonds. The summed E-state index contributed by atoms with van der Waals surface area (Å²) in [6, 6.07) is 3.69.